The van der Waals surface area contributed by atoms with Gasteiger partial charge >= 0.3 is 5.97 Å². The molecule has 7 heteroatoms. The first-order valence-corrected chi connectivity index (χ1v) is 7.40. The van der Waals surface area contributed by atoms with Gasteiger partial charge in [0.05, 0.1) is 12.0 Å². The Morgan fingerprint density at radius 2 is 1.78 bits per heavy atom. The number of carbonyl (C=O) groups is 3. The minimum atomic E-state index is -0.951. The van der Waals surface area contributed by atoms with Crippen LogP contribution in [-0.2, 0) is 14.3 Å². The van der Waals surface area contributed by atoms with Crippen molar-refractivity contribution in [3.63, 3.8) is 0 Å². The van der Waals surface area contributed by atoms with Crippen LogP contribution in [0.25, 0.3) is 0 Å². The maximum atomic E-state index is 12.4. The number of aliphatic carboxylic acids is 1. The molecule has 0 spiro atoms. The fourth-order valence-electron chi connectivity index (χ4n) is 2.62. The molecule has 2 rings (SSSR count). The maximum Gasteiger partial charge on any atom is 0.305 e. The standard InChI is InChI=1S/C16H20N2O5/c1-11(19)17-13-4-2-12(3-5-13)15(22)18-16(10-14(20)21)6-8-23-9-7-16/h2-5H,6-10H2,1H3,(H,17,19)(H,18,22)(H,20,21). The van der Waals surface area contributed by atoms with Crippen molar-refractivity contribution in [1.29, 1.82) is 0 Å². The molecule has 1 saturated heterocycles. The number of nitrogens with one attached hydrogen (secondary N) is 2. The van der Waals surface area contributed by atoms with Gasteiger partial charge in [-0.3, -0.25) is 14.4 Å². The Hall–Kier alpha value is -2.41. The monoisotopic (exact) mass is 320 g/mol. The number of ether oxygens (including phenoxy) is 1. The van der Waals surface area contributed by atoms with Gasteiger partial charge in [0.15, 0.2) is 0 Å². The summed E-state index contributed by atoms with van der Waals surface area (Å²) >= 11 is 0. The summed E-state index contributed by atoms with van der Waals surface area (Å²) in [7, 11) is 0. The fourth-order valence-corrected chi connectivity index (χ4v) is 2.62. The largest absolute Gasteiger partial charge is 0.481 e. The first-order chi connectivity index (χ1) is 10.9. The topological polar surface area (TPSA) is 105 Å². The minimum Gasteiger partial charge on any atom is -0.481 e. The van der Waals surface area contributed by atoms with Gasteiger partial charge in [-0.25, -0.2) is 0 Å². The zero-order chi connectivity index (χ0) is 16.9. The second kappa shape index (κ2) is 7.23. The van der Waals surface area contributed by atoms with Crippen LogP contribution in [0, 0.1) is 0 Å². The Labute approximate surface area is 134 Å². The summed E-state index contributed by atoms with van der Waals surface area (Å²) in [5.41, 5.74) is 0.230. The minimum absolute atomic E-state index is 0.133. The highest BCUT2D eigenvalue weighted by atomic mass is 16.5. The average molecular weight is 320 g/mol. The summed E-state index contributed by atoms with van der Waals surface area (Å²) in [6, 6.07) is 6.44. The zero-order valence-corrected chi connectivity index (χ0v) is 12.9. The van der Waals surface area contributed by atoms with Crippen LogP contribution in [0.2, 0.25) is 0 Å². The van der Waals surface area contributed by atoms with E-state index in [0.29, 0.717) is 37.3 Å². The molecule has 1 aliphatic rings. The molecule has 1 heterocycles. The van der Waals surface area contributed by atoms with Gasteiger partial charge in [-0.1, -0.05) is 0 Å². The molecule has 0 aromatic heterocycles. The molecule has 23 heavy (non-hydrogen) atoms. The van der Waals surface area contributed by atoms with Gasteiger partial charge in [-0.15, -0.1) is 0 Å². The van der Waals surface area contributed by atoms with Crippen LogP contribution in [0.3, 0.4) is 0 Å². The molecule has 7 nitrogen and oxygen atoms in total. The van der Waals surface area contributed by atoms with Crippen molar-refractivity contribution in [2.24, 2.45) is 0 Å². The smallest absolute Gasteiger partial charge is 0.305 e. The zero-order valence-electron chi connectivity index (χ0n) is 12.9. The molecule has 0 bridgehead atoms. The Morgan fingerprint density at radius 3 is 2.30 bits per heavy atom. The van der Waals surface area contributed by atoms with E-state index in [0.717, 1.165) is 0 Å². The molecule has 1 aliphatic heterocycles. The highest BCUT2D eigenvalue weighted by Crippen LogP contribution is 2.25. The van der Waals surface area contributed by atoms with E-state index >= 15 is 0 Å². The van der Waals surface area contributed by atoms with Gasteiger partial charge in [0.1, 0.15) is 0 Å². The Balaban J connectivity index is 2.08. The second-order valence-electron chi connectivity index (χ2n) is 5.68. The summed E-state index contributed by atoms with van der Waals surface area (Å²) in [6.45, 7) is 2.26. The molecule has 0 saturated carbocycles. The van der Waals surface area contributed by atoms with Crippen LogP contribution >= 0.6 is 0 Å². The third-order valence-electron chi connectivity index (χ3n) is 3.79. The van der Waals surface area contributed by atoms with Crippen molar-refractivity contribution in [3.05, 3.63) is 29.8 Å². The molecule has 1 aromatic rings. The van der Waals surface area contributed by atoms with Crippen LogP contribution in [0.5, 0.6) is 0 Å². The summed E-state index contributed by atoms with van der Waals surface area (Å²) in [4.78, 5) is 34.5. The van der Waals surface area contributed by atoms with Gasteiger partial charge in [0, 0.05) is 31.4 Å². The van der Waals surface area contributed by atoms with Crippen LogP contribution < -0.4 is 10.6 Å². The lowest BCUT2D eigenvalue weighted by Crippen LogP contribution is -2.53. The number of anilines is 1. The van der Waals surface area contributed by atoms with E-state index in [1.165, 1.54) is 6.92 Å². The van der Waals surface area contributed by atoms with Crippen molar-refractivity contribution in [3.8, 4) is 0 Å². The fraction of sp³-hybridized carbons (Fsp3) is 0.438. The van der Waals surface area contributed by atoms with Crippen molar-refractivity contribution in [1.82, 2.24) is 5.32 Å². The Kier molecular flexibility index (Phi) is 5.33. The van der Waals surface area contributed by atoms with E-state index in [4.69, 9.17) is 9.84 Å². The van der Waals surface area contributed by atoms with E-state index in [-0.39, 0.29) is 18.2 Å². The lowest BCUT2D eigenvalue weighted by Gasteiger charge is -2.36. The van der Waals surface area contributed by atoms with Gasteiger partial charge < -0.3 is 20.5 Å². The molecule has 0 aliphatic carbocycles. The number of carboxylic acid groups (broad SMARTS) is 1. The predicted octanol–water partition coefficient (Wildman–Crippen LogP) is 1.40. The van der Waals surface area contributed by atoms with Gasteiger partial charge in [-0.05, 0) is 37.1 Å². The van der Waals surface area contributed by atoms with E-state index in [1.54, 1.807) is 24.3 Å². The first kappa shape index (κ1) is 17.0. The second-order valence-corrected chi connectivity index (χ2v) is 5.68. The molecule has 0 radical (unpaired) electrons. The van der Waals surface area contributed by atoms with Gasteiger partial charge in [0.2, 0.25) is 5.91 Å². The summed E-state index contributed by atoms with van der Waals surface area (Å²) in [5, 5.41) is 14.6. The lowest BCUT2D eigenvalue weighted by molar-refractivity contribution is -0.139. The average Bonchev–Trinajstić information content (AvgIpc) is 2.47. The van der Waals surface area contributed by atoms with E-state index in [1.807, 2.05) is 0 Å². The number of carbonyl (C=O) groups excluding carboxylic acids is 2. The molecule has 1 fully saturated rings. The number of rotatable bonds is 5. The molecule has 0 unspecified atom stereocenters. The van der Waals surface area contributed by atoms with Crippen LogP contribution in [-0.4, -0.2) is 41.6 Å². The maximum absolute atomic E-state index is 12.4. The first-order valence-electron chi connectivity index (χ1n) is 7.40. The predicted molar refractivity (Wildman–Crippen MR) is 83.2 cm³/mol. The summed E-state index contributed by atoms with van der Waals surface area (Å²) < 4.78 is 5.26. The number of amides is 2. The highest BCUT2D eigenvalue weighted by Gasteiger charge is 2.36. The van der Waals surface area contributed by atoms with Crippen molar-refractivity contribution in [2.45, 2.75) is 31.7 Å². The van der Waals surface area contributed by atoms with E-state index in [9.17, 15) is 14.4 Å². The van der Waals surface area contributed by atoms with E-state index in [2.05, 4.69) is 10.6 Å². The molecular formula is C16H20N2O5. The van der Waals surface area contributed by atoms with Gasteiger partial charge in [-0.2, -0.15) is 0 Å². The van der Waals surface area contributed by atoms with Crippen LogP contribution in [0.4, 0.5) is 5.69 Å². The van der Waals surface area contributed by atoms with Crippen molar-refractivity contribution in [2.75, 3.05) is 18.5 Å². The van der Waals surface area contributed by atoms with Crippen LogP contribution in [0.15, 0.2) is 24.3 Å². The Morgan fingerprint density at radius 1 is 1.17 bits per heavy atom. The van der Waals surface area contributed by atoms with Crippen molar-refractivity contribution >= 4 is 23.5 Å². The third kappa shape index (κ3) is 4.79. The van der Waals surface area contributed by atoms with E-state index < -0.39 is 11.5 Å². The summed E-state index contributed by atoms with van der Waals surface area (Å²) in [6.07, 6.45) is 0.802. The van der Waals surface area contributed by atoms with Crippen LogP contribution in [0.1, 0.15) is 36.5 Å². The molecule has 3 N–H and O–H groups in total. The SMILES string of the molecule is CC(=O)Nc1ccc(C(=O)NC2(CC(=O)O)CCOCC2)cc1. The number of hydrogen-bond acceptors (Lipinski definition) is 4. The molecular weight excluding hydrogens is 300 g/mol. The third-order valence-corrected chi connectivity index (χ3v) is 3.79. The quantitative estimate of drug-likeness (QED) is 0.760. The van der Waals surface area contributed by atoms with Gasteiger partial charge in [0.25, 0.3) is 5.91 Å². The molecule has 1 aromatic carbocycles. The molecule has 2 amide bonds. The lowest BCUT2D eigenvalue weighted by atomic mass is 9.86. The Bertz CT molecular complexity index is 591. The number of hydrogen-bond donors (Lipinski definition) is 3. The molecule has 0 atom stereocenters. The van der Waals surface area contributed by atoms with Crippen molar-refractivity contribution < 1.29 is 24.2 Å². The normalized spacial score (nSPS) is 16.4. The highest BCUT2D eigenvalue weighted by molar-refractivity contribution is 5.96. The molecule has 124 valence electrons. The number of carboxylic acids is 1. The summed E-state index contributed by atoms with van der Waals surface area (Å²) in [5.74, 6) is -1.47. The number of benzene rings is 1.